The number of methoxy groups -OCH3 is 1. The lowest BCUT2D eigenvalue weighted by Crippen LogP contribution is -2.61. The molecule has 12 atom stereocenters. The maximum Gasteiger partial charge on any atom is 0.408 e. The molecule has 0 radical (unpaired) electrons. The highest BCUT2D eigenvalue weighted by molar-refractivity contribution is 5.87. The van der Waals surface area contributed by atoms with Crippen molar-refractivity contribution in [1.29, 1.82) is 0 Å². The largest absolute Gasteiger partial charge is 0.480 e. The normalized spacial score (nSPS) is 40.6. The minimum Gasteiger partial charge on any atom is -0.480 e. The molecule has 13 heteroatoms. The first-order valence-corrected chi connectivity index (χ1v) is 15.2. The van der Waals surface area contributed by atoms with Crippen molar-refractivity contribution < 1.29 is 53.1 Å². The van der Waals surface area contributed by atoms with Gasteiger partial charge in [0.15, 0.2) is 6.10 Å². The number of ether oxygens (including phenoxy) is 5. The van der Waals surface area contributed by atoms with E-state index in [9.17, 15) is 24.3 Å². The molecular weight excluding hydrogens is 588 g/mol. The summed E-state index contributed by atoms with van der Waals surface area (Å²) in [6.45, 7) is 8.50. The molecule has 2 aliphatic heterocycles. The van der Waals surface area contributed by atoms with E-state index in [0.29, 0.717) is 5.69 Å². The van der Waals surface area contributed by atoms with Gasteiger partial charge in [-0.2, -0.15) is 0 Å². The van der Waals surface area contributed by atoms with Crippen LogP contribution in [0.4, 0.5) is 4.79 Å². The average molecular weight is 631 g/mol. The predicted molar refractivity (Wildman–Crippen MR) is 157 cm³/mol. The number of carbonyl (C=O) groups is 4. The number of amides is 1. The SMILES string of the molecule is CO[C@H]1C[C@H]2C=C[C@]3(C)[C@H]4[C@H](O)[C@@H](C)[C@@H](OC(=O)c5ccc[nH]5)[C@@H]3O[C@@]24/C(C)=C/[C@@H](C)[C@@H]([C@@H](C)OC(=O)NCC(=O)O)OC1=O. The number of nitrogens with one attached hydrogen (secondary N) is 2. The van der Waals surface area contributed by atoms with Crippen LogP contribution in [0.15, 0.2) is 42.1 Å². The van der Waals surface area contributed by atoms with Gasteiger partial charge in [-0.25, -0.2) is 14.4 Å². The van der Waals surface area contributed by atoms with E-state index in [4.69, 9.17) is 28.8 Å². The van der Waals surface area contributed by atoms with Gasteiger partial charge in [-0.1, -0.05) is 39.0 Å². The zero-order valence-corrected chi connectivity index (χ0v) is 26.2. The van der Waals surface area contributed by atoms with Crippen LogP contribution in [0.5, 0.6) is 0 Å². The first kappa shape index (κ1) is 32.7. The molecule has 4 N–H and O–H groups in total. The Morgan fingerprint density at radius 2 is 2.00 bits per heavy atom. The van der Waals surface area contributed by atoms with Crippen molar-refractivity contribution in [3.63, 3.8) is 0 Å². The summed E-state index contributed by atoms with van der Waals surface area (Å²) in [7, 11) is 1.41. The Labute approximate surface area is 261 Å². The van der Waals surface area contributed by atoms with Crippen LogP contribution in [0.2, 0.25) is 0 Å². The minimum absolute atomic E-state index is 0.166. The van der Waals surface area contributed by atoms with Crippen molar-refractivity contribution in [2.45, 2.75) is 83.3 Å². The third-order valence-electron chi connectivity index (χ3n) is 10.1. The number of aromatic nitrogens is 1. The number of aliphatic carboxylic acids is 1. The Bertz CT molecular complexity index is 1370. The Hall–Kier alpha value is -3.68. The van der Waals surface area contributed by atoms with Crippen LogP contribution in [0.3, 0.4) is 0 Å². The maximum atomic E-state index is 13.5. The zero-order valence-electron chi connectivity index (χ0n) is 26.2. The number of aliphatic hydroxyl groups excluding tert-OH is 1. The second-order valence-electron chi connectivity index (χ2n) is 12.9. The highest BCUT2D eigenvalue weighted by atomic mass is 16.6. The Morgan fingerprint density at radius 3 is 2.64 bits per heavy atom. The van der Waals surface area contributed by atoms with Gasteiger partial charge in [-0.3, -0.25) is 4.79 Å². The number of aliphatic hydroxyl groups is 1. The lowest BCUT2D eigenvalue weighted by molar-refractivity contribution is -0.172. The fraction of sp³-hybridized carbons (Fsp3) is 0.625. The van der Waals surface area contributed by atoms with Gasteiger partial charge < -0.3 is 44.2 Å². The monoisotopic (exact) mass is 630 g/mol. The van der Waals surface area contributed by atoms with Crippen molar-refractivity contribution in [1.82, 2.24) is 10.3 Å². The number of carboxylic acids is 1. The molecule has 246 valence electrons. The van der Waals surface area contributed by atoms with E-state index in [0.717, 1.165) is 5.57 Å². The number of carbonyl (C=O) groups excluding carboxylic acids is 3. The smallest absolute Gasteiger partial charge is 0.408 e. The zero-order chi connectivity index (χ0) is 32.8. The van der Waals surface area contributed by atoms with Gasteiger partial charge in [0, 0.05) is 42.4 Å². The van der Waals surface area contributed by atoms with Crippen LogP contribution in [0.25, 0.3) is 0 Å². The molecule has 1 spiro atoms. The second-order valence-corrected chi connectivity index (χ2v) is 12.9. The maximum absolute atomic E-state index is 13.5. The van der Waals surface area contributed by atoms with Crippen LogP contribution < -0.4 is 5.32 Å². The molecule has 1 aromatic rings. The summed E-state index contributed by atoms with van der Waals surface area (Å²) in [5, 5.41) is 23.0. The van der Waals surface area contributed by atoms with Gasteiger partial charge in [0.2, 0.25) is 0 Å². The van der Waals surface area contributed by atoms with E-state index in [1.165, 1.54) is 7.11 Å². The molecule has 1 amide bonds. The quantitative estimate of drug-likeness (QED) is 0.197. The van der Waals surface area contributed by atoms with E-state index in [-0.39, 0.29) is 6.42 Å². The first-order chi connectivity index (χ1) is 21.2. The van der Waals surface area contributed by atoms with Crippen LogP contribution in [0.1, 0.15) is 51.5 Å². The van der Waals surface area contributed by atoms with Gasteiger partial charge in [-0.05, 0) is 38.0 Å². The van der Waals surface area contributed by atoms with Gasteiger partial charge in [0.25, 0.3) is 0 Å². The number of aromatic amines is 1. The predicted octanol–water partition coefficient (Wildman–Crippen LogP) is 2.61. The van der Waals surface area contributed by atoms with E-state index >= 15 is 0 Å². The summed E-state index contributed by atoms with van der Waals surface area (Å²) in [6, 6.07) is 3.32. The van der Waals surface area contributed by atoms with Crippen molar-refractivity contribution in [2.75, 3.05) is 13.7 Å². The number of hydrogen-bond donors (Lipinski definition) is 4. The molecule has 45 heavy (non-hydrogen) atoms. The number of cyclic esters (lactones) is 1. The van der Waals surface area contributed by atoms with Gasteiger partial charge in [0.05, 0.1) is 6.10 Å². The molecule has 2 fully saturated rings. The number of alkyl carbamates (subject to hydrolysis) is 1. The summed E-state index contributed by atoms with van der Waals surface area (Å²) in [6.07, 6.45) is 1.50. The van der Waals surface area contributed by atoms with Gasteiger partial charge in [0.1, 0.15) is 42.3 Å². The minimum atomic E-state index is -1.23. The average Bonchev–Trinajstić information content (AvgIpc) is 3.57. The third-order valence-corrected chi connectivity index (χ3v) is 10.1. The van der Waals surface area contributed by atoms with Crippen molar-refractivity contribution in [3.05, 3.63) is 47.8 Å². The number of H-pyrrole nitrogens is 1. The van der Waals surface area contributed by atoms with Crippen LogP contribution in [0, 0.1) is 29.1 Å². The van der Waals surface area contributed by atoms with E-state index in [1.54, 1.807) is 25.3 Å². The molecule has 1 saturated carbocycles. The molecule has 3 heterocycles. The summed E-state index contributed by atoms with van der Waals surface area (Å²) in [5.74, 6) is -4.28. The number of carboxylic acid groups (broad SMARTS) is 1. The topological polar surface area (TPSA) is 183 Å². The van der Waals surface area contributed by atoms with E-state index in [1.807, 2.05) is 45.9 Å². The van der Waals surface area contributed by atoms with Gasteiger partial charge in [-0.15, -0.1) is 0 Å². The molecule has 4 aliphatic rings. The van der Waals surface area contributed by atoms with E-state index in [2.05, 4.69) is 10.3 Å². The molecule has 0 aromatic carbocycles. The van der Waals surface area contributed by atoms with Gasteiger partial charge >= 0.3 is 24.0 Å². The Kier molecular flexibility index (Phi) is 8.91. The Morgan fingerprint density at radius 1 is 1.27 bits per heavy atom. The highest BCUT2D eigenvalue weighted by Crippen LogP contribution is 2.66. The van der Waals surface area contributed by atoms with Crippen molar-refractivity contribution in [2.24, 2.45) is 29.1 Å². The van der Waals surface area contributed by atoms with Crippen LogP contribution in [-0.4, -0.2) is 95.1 Å². The van der Waals surface area contributed by atoms with Crippen molar-refractivity contribution in [3.8, 4) is 0 Å². The lowest BCUT2D eigenvalue weighted by Gasteiger charge is -2.53. The molecule has 5 rings (SSSR count). The standard InChI is InChI=1S/C32H42N2O11/c1-15-12-16(2)32-19(13-21(41-6)29(39)43-24(15)18(4)42-30(40)34-14-22(35)36)9-10-31(5)26(32)23(37)17(3)25(27(31)45-32)44-28(38)20-8-7-11-33-20/h7-12,15,17-19,21,23-27,33,37H,13-14H2,1-6H3,(H,34,40)(H,35,36)/b16-12+/t15-,17-,18-,19-,21+,23-,24+,25-,26-,27+,31-,32+/m1/s1. The fourth-order valence-electron chi connectivity index (χ4n) is 7.95. The molecule has 2 aliphatic carbocycles. The van der Waals surface area contributed by atoms with Crippen LogP contribution >= 0.6 is 0 Å². The molecule has 4 bridgehead atoms. The molecule has 1 saturated heterocycles. The summed E-state index contributed by atoms with van der Waals surface area (Å²) >= 11 is 0. The third kappa shape index (κ3) is 5.55. The summed E-state index contributed by atoms with van der Waals surface area (Å²) < 4.78 is 30.0. The number of esters is 2. The molecular formula is C32H42N2O11. The first-order valence-electron chi connectivity index (χ1n) is 15.2. The lowest BCUT2D eigenvalue weighted by atomic mass is 9.51. The molecule has 1 aromatic heterocycles. The van der Waals surface area contributed by atoms with E-state index < -0.39 is 102 Å². The highest BCUT2D eigenvalue weighted by Gasteiger charge is 2.73. The van der Waals surface area contributed by atoms with Crippen molar-refractivity contribution >= 4 is 24.0 Å². The summed E-state index contributed by atoms with van der Waals surface area (Å²) in [5.41, 5.74) is -0.732. The Balaban J connectivity index is 1.53. The number of rotatable bonds is 7. The fourth-order valence-corrected chi connectivity index (χ4v) is 7.95. The second kappa shape index (κ2) is 12.3. The number of hydrogen-bond acceptors (Lipinski definition) is 10. The van der Waals surface area contributed by atoms with Crippen LogP contribution in [-0.2, 0) is 33.3 Å². The molecule has 13 nitrogen and oxygen atoms in total. The summed E-state index contributed by atoms with van der Waals surface area (Å²) in [4.78, 5) is 52.6. The molecule has 0 unspecified atom stereocenters.